The molecule has 0 aliphatic carbocycles. The van der Waals surface area contributed by atoms with Gasteiger partial charge in [-0.3, -0.25) is 14.4 Å². The smallest absolute Gasteiger partial charge is 0.309 e. The third-order valence-electron chi connectivity index (χ3n) is 4.80. The Bertz CT molecular complexity index is 806. The summed E-state index contributed by atoms with van der Waals surface area (Å²) >= 11 is 0. The van der Waals surface area contributed by atoms with Gasteiger partial charge in [-0.15, -0.1) is 0 Å². The molecule has 2 aromatic rings. The average molecular weight is 384 g/mol. The summed E-state index contributed by atoms with van der Waals surface area (Å²) in [6.07, 6.45) is 2.48. The molecule has 0 spiro atoms. The van der Waals surface area contributed by atoms with Gasteiger partial charge < -0.3 is 19.4 Å². The molecule has 1 aromatic carbocycles. The second-order valence-electron chi connectivity index (χ2n) is 6.91. The van der Waals surface area contributed by atoms with Gasteiger partial charge in [0.25, 0.3) is 11.8 Å². The predicted octanol–water partition coefficient (Wildman–Crippen LogP) is 2.30. The molecule has 2 amide bonds. The van der Waals surface area contributed by atoms with Crippen LogP contribution in [-0.4, -0.2) is 42.4 Å². The van der Waals surface area contributed by atoms with Crippen LogP contribution in [0.5, 0.6) is 0 Å². The summed E-state index contributed by atoms with van der Waals surface area (Å²) in [5.41, 5.74) is 2.14. The summed E-state index contributed by atoms with van der Waals surface area (Å²) in [6, 6.07) is 11.1. The lowest BCUT2D eigenvalue weighted by Gasteiger charge is -2.30. The number of likely N-dealkylation sites (tertiary alicyclic amines) is 1. The monoisotopic (exact) mass is 384 g/mol. The van der Waals surface area contributed by atoms with E-state index >= 15 is 0 Å². The molecule has 0 radical (unpaired) electrons. The zero-order chi connectivity index (χ0) is 19.9. The van der Waals surface area contributed by atoms with Crippen molar-refractivity contribution in [2.45, 2.75) is 26.3 Å². The molecule has 7 nitrogen and oxygen atoms in total. The van der Waals surface area contributed by atoms with E-state index in [2.05, 4.69) is 5.32 Å². The van der Waals surface area contributed by atoms with E-state index in [-0.39, 0.29) is 24.3 Å². The van der Waals surface area contributed by atoms with Gasteiger partial charge in [-0.2, -0.15) is 0 Å². The molecule has 148 valence electrons. The third kappa shape index (κ3) is 5.22. The Kier molecular flexibility index (Phi) is 6.47. The summed E-state index contributed by atoms with van der Waals surface area (Å²) in [6.45, 7) is 3.01. The Morgan fingerprint density at radius 2 is 1.86 bits per heavy atom. The van der Waals surface area contributed by atoms with Crippen molar-refractivity contribution in [3.05, 3.63) is 59.5 Å². The van der Waals surface area contributed by atoms with Crippen molar-refractivity contribution in [3.8, 4) is 0 Å². The largest absolute Gasteiger partial charge is 0.459 e. The van der Waals surface area contributed by atoms with Gasteiger partial charge in [0.05, 0.1) is 12.2 Å². The number of hydrogen-bond acceptors (Lipinski definition) is 5. The summed E-state index contributed by atoms with van der Waals surface area (Å²) in [4.78, 5) is 38.0. The number of amides is 2. The van der Waals surface area contributed by atoms with Crippen molar-refractivity contribution in [3.63, 3.8) is 0 Å². The number of furan rings is 1. The Hall–Kier alpha value is -3.09. The highest BCUT2D eigenvalue weighted by molar-refractivity contribution is 5.91. The molecular formula is C21H24N2O5. The van der Waals surface area contributed by atoms with Crippen LogP contribution >= 0.6 is 0 Å². The van der Waals surface area contributed by atoms with Gasteiger partial charge in [-0.1, -0.05) is 29.8 Å². The number of esters is 1. The first-order valence-electron chi connectivity index (χ1n) is 9.34. The first kappa shape index (κ1) is 19.7. The molecule has 0 unspecified atom stereocenters. The molecule has 7 heteroatoms. The Morgan fingerprint density at radius 1 is 1.14 bits per heavy atom. The van der Waals surface area contributed by atoms with Crippen molar-refractivity contribution in [1.82, 2.24) is 10.2 Å². The van der Waals surface area contributed by atoms with E-state index in [1.165, 1.54) is 6.26 Å². The molecule has 3 rings (SSSR count). The fourth-order valence-corrected chi connectivity index (χ4v) is 3.09. The van der Waals surface area contributed by atoms with Crippen molar-refractivity contribution in [2.24, 2.45) is 5.92 Å². The Morgan fingerprint density at radius 3 is 2.50 bits per heavy atom. The maximum Gasteiger partial charge on any atom is 0.309 e. The van der Waals surface area contributed by atoms with E-state index in [0.717, 1.165) is 11.1 Å². The van der Waals surface area contributed by atoms with Crippen LogP contribution in [0.25, 0.3) is 0 Å². The minimum Gasteiger partial charge on any atom is -0.459 e. The van der Waals surface area contributed by atoms with Crippen LogP contribution in [0.1, 0.15) is 34.5 Å². The number of aryl methyl sites for hydroxylation is 1. The fourth-order valence-electron chi connectivity index (χ4n) is 3.09. The maximum absolute atomic E-state index is 12.2. The number of carbonyl (C=O) groups excluding carboxylic acids is 3. The molecule has 28 heavy (non-hydrogen) atoms. The number of nitrogens with one attached hydrogen (secondary N) is 1. The van der Waals surface area contributed by atoms with Crippen LogP contribution < -0.4 is 5.32 Å². The second-order valence-corrected chi connectivity index (χ2v) is 6.91. The number of piperidine rings is 1. The van der Waals surface area contributed by atoms with Gasteiger partial charge in [0.1, 0.15) is 0 Å². The molecule has 0 bridgehead atoms. The number of benzene rings is 1. The first-order chi connectivity index (χ1) is 13.5. The van der Waals surface area contributed by atoms with Crippen molar-refractivity contribution in [2.75, 3.05) is 19.7 Å². The van der Waals surface area contributed by atoms with E-state index in [9.17, 15) is 14.4 Å². The van der Waals surface area contributed by atoms with Crippen LogP contribution in [-0.2, 0) is 20.9 Å². The lowest BCUT2D eigenvalue weighted by molar-refractivity contribution is -0.153. The maximum atomic E-state index is 12.2. The van der Waals surface area contributed by atoms with Gasteiger partial charge in [0.2, 0.25) is 0 Å². The number of hydrogen-bond donors (Lipinski definition) is 1. The molecule has 0 atom stereocenters. The van der Waals surface area contributed by atoms with Crippen molar-refractivity contribution < 1.29 is 23.5 Å². The predicted molar refractivity (Wildman–Crippen MR) is 101 cm³/mol. The number of carbonyl (C=O) groups is 3. The molecule has 0 saturated carbocycles. The third-order valence-corrected chi connectivity index (χ3v) is 4.80. The van der Waals surface area contributed by atoms with Crippen LogP contribution in [0.15, 0.2) is 47.1 Å². The lowest BCUT2D eigenvalue weighted by Crippen LogP contribution is -2.41. The molecule has 1 N–H and O–H groups in total. The van der Waals surface area contributed by atoms with E-state index in [4.69, 9.17) is 9.15 Å². The second kappa shape index (κ2) is 9.21. The van der Waals surface area contributed by atoms with E-state index in [0.29, 0.717) is 38.2 Å². The topological polar surface area (TPSA) is 88.9 Å². The Labute approximate surface area is 163 Å². The number of ether oxygens (including phenoxy) is 1. The fraction of sp³-hybridized carbons (Fsp3) is 0.381. The highest BCUT2D eigenvalue weighted by Gasteiger charge is 2.29. The number of nitrogens with zero attached hydrogens (tertiary/aromatic N) is 1. The SMILES string of the molecule is Cc1ccc(CNC(=O)COC(=O)C2CCN(C(=O)c3ccco3)CC2)cc1. The molecule has 1 saturated heterocycles. The van der Waals surface area contributed by atoms with Crippen LogP contribution in [0.4, 0.5) is 0 Å². The van der Waals surface area contributed by atoms with Gasteiger partial charge in [-0.25, -0.2) is 0 Å². The Balaban J connectivity index is 1.36. The minimum absolute atomic E-state index is 0.174. The molecule has 2 heterocycles. The van der Waals surface area contributed by atoms with Gasteiger partial charge in [-0.05, 0) is 37.5 Å². The van der Waals surface area contributed by atoms with Crippen LogP contribution in [0.3, 0.4) is 0 Å². The van der Waals surface area contributed by atoms with Crippen molar-refractivity contribution in [1.29, 1.82) is 0 Å². The summed E-state index contributed by atoms with van der Waals surface area (Å²) in [7, 11) is 0. The zero-order valence-corrected chi connectivity index (χ0v) is 15.8. The lowest BCUT2D eigenvalue weighted by atomic mass is 9.97. The highest BCUT2D eigenvalue weighted by atomic mass is 16.5. The van der Waals surface area contributed by atoms with E-state index in [1.54, 1.807) is 17.0 Å². The normalized spacial score (nSPS) is 14.5. The average Bonchev–Trinajstić information content (AvgIpc) is 3.26. The van der Waals surface area contributed by atoms with E-state index < -0.39 is 5.97 Å². The molecule has 1 aliphatic heterocycles. The minimum atomic E-state index is -0.393. The quantitative estimate of drug-likeness (QED) is 0.772. The summed E-state index contributed by atoms with van der Waals surface area (Å²) < 4.78 is 10.3. The molecule has 1 aliphatic rings. The van der Waals surface area contributed by atoms with E-state index in [1.807, 2.05) is 31.2 Å². The van der Waals surface area contributed by atoms with Gasteiger partial charge in [0, 0.05) is 19.6 Å². The zero-order valence-electron chi connectivity index (χ0n) is 15.8. The summed E-state index contributed by atoms with van der Waals surface area (Å²) in [5, 5.41) is 2.73. The highest BCUT2D eigenvalue weighted by Crippen LogP contribution is 2.20. The van der Waals surface area contributed by atoms with Gasteiger partial charge >= 0.3 is 5.97 Å². The standard InChI is InChI=1S/C21H24N2O5/c1-15-4-6-16(7-5-15)13-22-19(24)14-28-21(26)17-8-10-23(11-9-17)20(25)18-3-2-12-27-18/h2-7,12,17H,8-11,13-14H2,1H3,(H,22,24). The van der Waals surface area contributed by atoms with Crippen molar-refractivity contribution >= 4 is 17.8 Å². The van der Waals surface area contributed by atoms with Crippen LogP contribution in [0, 0.1) is 12.8 Å². The first-order valence-corrected chi connectivity index (χ1v) is 9.34. The summed E-state index contributed by atoms with van der Waals surface area (Å²) in [5.74, 6) is -0.904. The van der Waals surface area contributed by atoms with Crippen LogP contribution in [0.2, 0.25) is 0 Å². The molecule has 1 aromatic heterocycles. The van der Waals surface area contributed by atoms with Gasteiger partial charge in [0.15, 0.2) is 12.4 Å². The number of rotatable bonds is 6. The molecule has 1 fully saturated rings. The molecular weight excluding hydrogens is 360 g/mol.